The number of halogens is 3. The van der Waals surface area contributed by atoms with Crippen LogP contribution in [0, 0.1) is 5.92 Å². The molecule has 1 heterocycles. The number of hydrogen-bond donors (Lipinski definition) is 2. The molecule has 1 aliphatic heterocycles. The van der Waals surface area contributed by atoms with Crippen LogP contribution in [0.5, 0.6) is 0 Å². The summed E-state index contributed by atoms with van der Waals surface area (Å²) in [6.45, 7) is 0.654. The quantitative estimate of drug-likeness (QED) is 0.554. The number of carbonyl (C=O) groups is 3. The molecule has 1 atom stereocenters. The van der Waals surface area contributed by atoms with Crippen LogP contribution >= 0.6 is 0 Å². The van der Waals surface area contributed by atoms with Crippen LogP contribution in [0.3, 0.4) is 0 Å². The maximum absolute atomic E-state index is 13.9. The number of anilines is 2. The molecule has 3 N–H and O–H groups in total. The molecule has 1 aromatic carbocycles. The molecule has 3 aliphatic rings. The second-order valence-electron chi connectivity index (χ2n) is 9.20. The van der Waals surface area contributed by atoms with Crippen LogP contribution in [0.2, 0.25) is 0 Å². The molecule has 0 spiro atoms. The van der Waals surface area contributed by atoms with Crippen molar-refractivity contribution in [2.24, 2.45) is 11.7 Å². The number of rotatable bonds is 8. The van der Waals surface area contributed by atoms with Gasteiger partial charge in [0, 0.05) is 24.8 Å². The van der Waals surface area contributed by atoms with E-state index in [2.05, 4.69) is 5.32 Å². The third-order valence-electron chi connectivity index (χ3n) is 6.95. The third kappa shape index (κ3) is 5.20. The Labute approximate surface area is 195 Å². The van der Waals surface area contributed by atoms with Gasteiger partial charge in [-0.25, -0.2) is 0 Å². The number of nitrogens with one attached hydrogen (secondary N) is 1. The molecule has 1 aromatic rings. The summed E-state index contributed by atoms with van der Waals surface area (Å²) < 4.78 is 46.7. The first-order chi connectivity index (χ1) is 16.1. The molecule has 11 heteroatoms. The predicted octanol–water partition coefficient (Wildman–Crippen LogP) is 2.52. The number of alkyl halides is 3. The Hall–Kier alpha value is -2.66. The number of amides is 3. The van der Waals surface area contributed by atoms with Crippen molar-refractivity contribution < 1.29 is 32.3 Å². The highest BCUT2D eigenvalue weighted by Gasteiger charge is 2.41. The molecule has 1 saturated heterocycles. The van der Waals surface area contributed by atoms with E-state index in [1.165, 1.54) is 11.0 Å². The van der Waals surface area contributed by atoms with Gasteiger partial charge in [0.1, 0.15) is 6.61 Å². The van der Waals surface area contributed by atoms with Crippen molar-refractivity contribution in [1.82, 2.24) is 4.90 Å². The van der Waals surface area contributed by atoms with Crippen LogP contribution in [0.15, 0.2) is 18.2 Å². The van der Waals surface area contributed by atoms with Gasteiger partial charge in [-0.1, -0.05) is 12.8 Å². The monoisotopic (exact) mass is 482 g/mol. The molecule has 0 radical (unpaired) electrons. The van der Waals surface area contributed by atoms with Crippen LogP contribution in [-0.4, -0.2) is 61.0 Å². The van der Waals surface area contributed by atoms with E-state index in [1.807, 2.05) is 0 Å². The number of ether oxygens (including phenoxy) is 1. The average molecular weight is 483 g/mol. The smallest absolute Gasteiger partial charge is 0.370 e. The summed E-state index contributed by atoms with van der Waals surface area (Å²) in [5.41, 5.74) is 4.06. The Morgan fingerprint density at radius 2 is 1.91 bits per heavy atom. The Balaban J connectivity index is 1.59. The summed E-state index contributed by atoms with van der Waals surface area (Å²) in [6.07, 6.45) is 0.893. The summed E-state index contributed by atoms with van der Waals surface area (Å²) in [4.78, 5) is 40.5. The average Bonchev–Trinajstić information content (AvgIpc) is 2.69. The highest BCUT2D eigenvalue weighted by atomic mass is 19.4. The van der Waals surface area contributed by atoms with E-state index >= 15 is 0 Å². The Morgan fingerprint density at radius 1 is 1.21 bits per heavy atom. The fourth-order valence-electron chi connectivity index (χ4n) is 4.64. The lowest BCUT2D eigenvalue weighted by Crippen LogP contribution is -2.58. The molecule has 3 amide bonds. The van der Waals surface area contributed by atoms with Crippen LogP contribution in [0.4, 0.5) is 24.5 Å². The van der Waals surface area contributed by atoms with Crippen molar-refractivity contribution >= 4 is 29.1 Å². The Bertz CT molecular complexity index is 947. The number of morpholine rings is 1. The van der Waals surface area contributed by atoms with Crippen molar-refractivity contribution in [3.63, 3.8) is 0 Å². The molecule has 34 heavy (non-hydrogen) atoms. The lowest BCUT2D eigenvalue weighted by atomic mass is 9.82. The molecular weight excluding hydrogens is 453 g/mol. The first-order valence-electron chi connectivity index (χ1n) is 11.6. The van der Waals surface area contributed by atoms with Gasteiger partial charge in [-0.2, -0.15) is 13.2 Å². The SMILES string of the molecule is NC(=O)[C@H](C(=O)Nc1ccc(N2CCOCC2=O)cc1C(F)(F)F)N(CC1CCC1)C1CCC1. The molecule has 186 valence electrons. The summed E-state index contributed by atoms with van der Waals surface area (Å²) in [5.74, 6) is -1.85. The highest BCUT2D eigenvalue weighted by molar-refractivity contribution is 6.10. The second kappa shape index (κ2) is 9.91. The van der Waals surface area contributed by atoms with Gasteiger partial charge in [0.15, 0.2) is 6.04 Å². The topological polar surface area (TPSA) is 105 Å². The van der Waals surface area contributed by atoms with Crippen LogP contribution < -0.4 is 16.0 Å². The second-order valence-corrected chi connectivity index (χ2v) is 9.20. The van der Waals surface area contributed by atoms with Crippen molar-refractivity contribution in [2.45, 2.75) is 56.8 Å². The Morgan fingerprint density at radius 3 is 2.44 bits per heavy atom. The molecule has 2 aliphatic carbocycles. The van der Waals surface area contributed by atoms with E-state index in [0.717, 1.165) is 50.7 Å². The van der Waals surface area contributed by atoms with Crippen molar-refractivity contribution in [1.29, 1.82) is 0 Å². The fourth-order valence-corrected chi connectivity index (χ4v) is 4.64. The number of benzene rings is 1. The van der Waals surface area contributed by atoms with Crippen LogP contribution in [-0.2, 0) is 25.3 Å². The zero-order chi connectivity index (χ0) is 24.5. The first kappa shape index (κ1) is 24.5. The van der Waals surface area contributed by atoms with Gasteiger partial charge in [0.25, 0.3) is 11.8 Å². The molecule has 0 aromatic heterocycles. The number of carbonyl (C=O) groups excluding carboxylic acids is 3. The van der Waals surface area contributed by atoms with Crippen LogP contribution in [0.25, 0.3) is 0 Å². The van der Waals surface area contributed by atoms with Gasteiger partial charge in [0.05, 0.1) is 17.9 Å². The molecular formula is C23H29F3N4O4. The lowest BCUT2D eigenvalue weighted by molar-refractivity contribution is -0.137. The van der Waals surface area contributed by atoms with Crippen LogP contribution in [0.1, 0.15) is 44.1 Å². The number of hydrogen-bond acceptors (Lipinski definition) is 5. The molecule has 0 unspecified atom stereocenters. The largest absolute Gasteiger partial charge is 0.418 e. The highest BCUT2D eigenvalue weighted by Crippen LogP contribution is 2.38. The lowest BCUT2D eigenvalue weighted by Gasteiger charge is -2.43. The van der Waals surface area contributed by atoms with Crippen molar-refractivity contribution in [3.05, 3.63) is 23.8 Å². The molecule has 3 fully saturated rings. The normalized spacial score (nSPS) is 20.6. The van der Waals surface area contributed by atoms with Gasteiger partial charge in [-0.3, -0.25) is 19.3 Å². The van der Waals surface area contributed by atoms with E-state index in [9.17, 15) is 27.6 Å². The number of primary amides is 1. The third-order valence-corrected chi connectivity index (χ3v) is 6.95. The maximum Gasteiger partial charge on any atom is 0.418 e. The summed E-state index contributed by atoms with van der Waals surface area (Å²) in [6, 6.07) is 1.94. The van der Waals surface area contributed by atoms with E-state index < -0.39 is 41.2 Å². The van der Waals surface area contributed by atoms with E-state index in [-0.39, 0.29) is 31.5 Å². The minimum atomic E-state index is -4.80. The summed E-state index contributed by atoms with van der Waals surface area (Å²) in [5, 5.41) is 2.30. The van der Waals surface area contributed by atoms with Gasteiger partial charge >= 0.3 is 6.18 Å². The fraction of sp³-hybridized carbons (Fsp3) is 0.609. The van der Waals surface area contributed by atoms with Crippen molar-refractivity contribution in [3.8, 4) is 0 Å². The van der Waals surface area contributed by atoms with E-state index in [1.54, 1.807) is 4.90 Å². The summed E-state index contributed by atoms with van der Waals surface area (Å²) >= 11 is 0. The van der Waals surface area contributed by atoms with Gasteiger partial charge < -0.3 is 20.7 Å². The maximum atomic E-state index is 13.9. The zero-order valence-corrected chi connectivity index (χ0v) is 18.8. The molecule has 4 rings (SSSR count). The molecule has 0 bridgehead atoms. The van der Waals surface area contributed by atoms with Gasteiger partial charge in [0.2, 0.25) is 5.91 Å². The molecule has 8 nitrogen and oxygen atoms in total. The van der Waals surface area contributed by atoms with Gasteiger partial charge in [-0.05, 0) is 49.8 Å². The van der Waals surface area contributed by atoms with Gasteiger partial charge in [-0.15, -0.1) is 0 Å². The van der Waals surface area contributed by atoms with Crippen molar-refractivity contribution in [2.75, 3.05) is 36.5 Å². The summed E-state index contributed by atoms with van der Waals surface area (Å²) in [7, 11) is 0. The zero-order valence-electron chi connectivity index (χ0n) is 18.8. The minimum Gasteiger partial charge on any atom is -0.370 e. The standard InChI is InChI=1S/C23H29F3N4O4/c24-23(25,26)17-11-16(29-9-10-34-13-19(29)31)7-8-18(17)28-22(33)20(21(27)32)30(15-5-2-6-15)12-14-3-1-4-14/h7-8,11,14-15,20H,1-6,9-10,12-13H2,(H2,27,32)(H,28,33)/t20-/m1/s1. The minimum absolute atomic E-state index is 0.0145. The number of nitrogens with zero attached hydrogens (tertiary/aromatic N) is 2. The molecule has 2 saturated carbocycles. The predicted molar refractivity (Wildman–Crippen MR) is 118 cm³/mol. The van der Waals surface area contributed by atoms with E-state index in [0.29, 0.717) is 12.5 Å². The Kier molecular flexibility index (Phi) is 7.13. The van der Waals surface area contributed by atoms with E-state index in [4.69, 9.17) is 10.5 Å². The number of nitrogens with two attached hydrogens (primary N) is 1. The first-order valence-corrected chi connectivity index (χ1v) is 11.6.